The van der Waals surface area contributed by atoms with Gasteiger partial charge in [0.05, 0.1) is 17.6 Å². The second-order valence-electron chi connectivity index (χ2n) is 3.04. The first-order chi connectivity index (χ1) is 5.54. The van der Waals surface area contributed by atoms with Crippen molar-refractivity contribution in [2.45, 2.75) is 13.1 Å². The molecule has 0 atom stereocenters. The van der Waals surface area contributed by atoms with E-state index in [9.17, 15) is 0 Å². The summed E-state index contributed by atoms with van der Waals surface area (Å²) in [6.45, 7) is 18.9. The van der Waals surface area contributed by atoms with Gasteiger partial charge >= 0.3 is 0 Å². The summed E-state index contributed by atoms with van der Waals surface area (Å²) in [5, 5.41) is 0. The van der Waals surface area contributed by atoms with E-state index in [0.717, 1.165) is 0 Å². The van der Waals surface area contributed by atoms with Crippen LogP contribution in [0.5, 0.6) is 0 Å². The van der Waals surface area contributed by atoms with E-state index in [2.05, 4.69) is 39.4 Å². The Balaban J connectivity index is 0. The molecule has 0 aliphatic heterocycles. The summed E-state index contributed by atoms with van der Waals surface area (Å²) >= 11 is 0. The third-order valence-electron chi connectivity index (χ3n) is 1.39. The second-order valence-corrected chi connectivity index (χ2v) is 9.13. The van der Waals surface area contributed by atoms with Gasteiger partial charge in [-0.05, 0) is 0 Å². The molecule has 0 saturated carbocycles. The summed E-state index contributed by atoms with van der Waals surface area (Å²) in [6, 6.07) is 0. The van der Waals surface area contributed by atoms with Crippen molar-refractivity contribution in [3.8, 4) is 0 Å². The molecule has 0 saturated heterocycles. The van der Waals surface area contributed by atoms with Crippen molar-refractivity contribution in [2.75, 3.05) is 0 Å². The maximum absolute atomic E-state index is 3.69. The highest BCUT2D eigenvalue weighted by molar-refractivity contribution is 6.86. The zero-order valence-corrected chi connectivity index (χ0v) is 10.8. The molecule has 0 aromatic heterocycles. The zero-order chi connectivity index (χ0) is 10.0. The Labute approximate surface area is 80.2 Å². The van der Waals surface area contributed by atoms with Gasteiger partial charge in [0.25, 0.3) is 0 Å². The monoisotopic (exact) mass is 196 g/mol. The van der Waals surface area contributed by atoms with E-state index in [1.54, 1.807) is 0 Å². The lowest BCUT2D eigenvalue weighted by molar-refractivity contribution is 1.86. The van der Waals surface area contributed by atoms with Crippen LogP contribution in [0.25, 0.3) is 0 Å². The summed E-state index contributed by atoms with van der Waals surface area (Å²) in [4.78, 5) is 0. The highest BCUT2D eigenvalue weighted by Crippen LogP contribution is 2.01. The van der Waals surface area contributed by atoms with Crippen molar-refractivity contribution in [1.29, 1.82) is 0 Å². The van der Waals surface area contributed by atoms with E-state index in [1.165, 1.54) is 0 Å². The molecular weight excluding hydrogens is 176 g/mol. The fraction of sp³-hybridized carbons (Fsp3) is 0.200. The van der Waals surface area contributed by atoms with Gasteiger partial charge in [0.15, 0.2) is 0 Å². The molecule has 0 amide bonds. The van der Waals surface area contributed by atoms with Crippen LogP contribution in [0.2, 0.25) is 13.1 Å². The van der Waals surface area contributed by atoms with Crippen molar-refractivity contribution in [3.63, 3.8) is 0 Å². The highest BCUT2D eigenvalue weighted by Gasteiger charge is 2.07. The van der Waals surface area contributed by atoms with Crippen molar-refractivity contribution < 1.29 is 0 Å². The van der Waals surface area contributed by atoms with E-state index < -0.39 is 8.07 Å². The molecule has 0 aromatic carbocycles. The Morgan fingerprint density at radius 3 is 1.25 bits per heavy atom. The Morgan fingerprint density at radius 2 is 1.25 bits per heavy atom. The molecule has 0 nitrogen and oxygen atoms in total. The van der Waals surface area contributed by atoms with Gasteiger partial charge in [-0.25, -0.2) is 0 Å². The topological polar surface area (TPSA) is 0 Å². The van der Waals surface area contributed by atoms with E-state index in [4.69, 9.17) is 0 Å². The van der Waals surface area contributed by atoms with Crippen molar-refractivity contribution in [1.82, 2.24) is 0 Å². The van der Waals surface area contributed by atoms with Gasteiger partial charge in [0.2, 0.25) is 0 Å². The highest BCUT2D eigenvalue weighted by atomic mass is 28.3. The van der Waals surface area contributed by atoms with Crippen LogP contribution < -0.4 is 0 Å². The minimum absolute atomic E-state index is 0.0401. The Bertz CT molecular complexity index is 141. The van der Waals surface area contributed by atoms with E-state index in [1.807, 2.05) is 22.8 Å². The minimum atomic E-state index is -1.12. The molecule has 0 aliphatic carbocycles. The van der Waals surface area contributed by atoms with Crippen LogP contribution in [0, 0.1) is 0 Å². The second kappa shape index (κ2) is 8.49. The van der Waals surface area contributed by atoms with Crippen molar-refractivity contribution >= 4 is 17.6 Å². The average Bonchev–Trinajstić information content (AvgIpc) is 2.07. The summed E-state index contributed by atoms with van der Waals surface area (Å²) < 4.78 is 0. The van der Waals surface area contributed by atoms with Gasteiger partial charge in [-0.15, -0.1) is 37.7 Å². The summed E-state index contributed by atoms with van der Waals surface area (Å²) in [5.74, 6) is 0. The summed E-state index contributed by atoms with van der Waals surface area (Å²) in [6.07, 6.45) is 0. The van der Waals surface area contributed by atoms with Crippen LogP contribution >= 0.6 is 0 Å². The summed E-state index contributed by atoms with van der Waals surface area (Å²) in [5.41, 5.74) is 7.93. The molecule has 0 N–H and O–H groups in total. The van der Waals surface area contributed by atoms with Crippen molar-refractivity contribution in [3.05, 3.63) is 49.1 Å². The van der Waals surface area contributed by atoms with Crippen LogP contribution in [0.3, 0.4) is 0 Å². The van der Waals surface area contributed by atoms with Crippen LogP contribution in [-0.2, 0) is 0 Å². The minimum Gasteiger partial charge on any atom is -0.107 e. The number of hydrogen-bond donors (Lipinski definition) is 0. The van der Waals surface area contributed by atoms with Gasteiger partial charge in [0, 0.05) is 0 Å². The lowest BCUT2D eigenvalue weighted by Crippen LogP contribution is -2.17. The average molecular weight is 196 g/mol. The van der Waals surface area contributed by atoms with Crippen molar-refractivity contribution in [2.24, 2.45) is 0 Å². The molecule has 68 valence electrons. The third-order valence-corrected chi connectivity index (χ3v) is 4.16. The van der Waals surface area contributed by atoms with E-state index in [-0.39, 0.29) is 9.52 Å². The Hall–Kier alpha value is -0.606. The predicted molar refractivity (Wildman–Crippen MR) is 66.8 cm³/mol. The molecule has 0 aromatic rings. The van der Waals surface area contributed by atoms with E-state index >= 15 is 0 Å². The standard InChI is InChI=1S/C6H12Si.C4H8Si/c1-5-7(3,4)6-2;1-3-5-4-2/h5-6H,1-2H2,3-4H3;3-4H,1-2,5H2. The molecule has 0 unspecified atom stereocenters. The lowest BCUT2D eigenvalue weighted by Gasteiger charge is -2.07. The molecular formula is C10H20Si2. The molecule has 0 heterocycles. The quantitative estimate of drug-likeness (QED) is 0.606. The molecule has 0 rings (SSSR count). The van der Waals surface area contributed by atoms with Crippen LogP contribution in [0.15, 0.2) is 49.1 Å². The first-order valence-electron chi connectivity index (χ1n) is 4.03. The maximum Gasteiger partial charge on any atom is 0.0942 e. The molecule has 0 aliphatic rings. The predicted octanol–water partition coefficient (Wildman–Crippen LogP) is 2.59. The van der Waals surface area contributed by atoms with E-state index in [0.29, 0.717) is 0 Å². The van der Waals surface area contributed by atoms with Gasteiger partial charge < -0.3 is 0 Å². The van der Waals surface area contributed by atoms with Crippen LogP contribution in [0.4, 0.5) is 0 Å². The molecule has 0 bridgehead atoms. The first kappa shape index (κ1) is 13.9. The molecule has 2 heteroatoms. The van der Waals surface area contributed by atoms with Gasteiger partial charge in [-0.3, -0.25) is 0 Å². The Morgan fingerprint density at radius 1 is 0.917 bits per heavy atom. The lowest BCUT2D eigenvalue weighted by atomic mass is 11.2. The largest absolute Gasteiger partial charge is 0.107 e. The van der Waals surface area contributed by atoms with Gasteiger partial charge in [-0.2, -0.15) is 0 Å². The molecule has 0 fully saturated rings. The number of hydrogen-bond acceptors (Lipinski definition) is 0. The number of rotatable bonds is 4. The Kier molecular flexibility index (Phi) is 9.87. The van der Waals surface area contributed by atoms with Crippen LogP contribution in [0.1, 0.15) is 0 Å². The zero-order valence-electron chi connectivity index (χ0n) is 8.34. The van der Waals surface area contributed by atoms with Crippen LogP contribution in [-0.4, -0.2) is 17.6 Å². The van der Waals surface area contributed by atoms with Gasteiger partial charge in [-0.1, -0.05) is 24.5 Å². The molecule has 0 radical (unpaired) electrons. The fourth-order valence-corrected chi connectivity index (χ4v) is 0.604. The third kappa shape index (κ3) is 12.1. The summed E-state index contributed by atoms with van der Waals surface area (Å²) in [7, 11) is -1.16. The first-order valence-corrected chi connectivity index (χ1v) is 8.81. The molecule has 12 heavy (non-hydrogen) atoms. The fourth-order valence-electron chi connectivity index (χ4n) is 0.201. The maximum atomic E-state index is 3.69. The van der Waals surface area contributed by atoms with Gasteiger partial charge in [0.1, 0.15) is 0 Å². The SMILES string of the molecule is C=C[SiH2]C=C.C=C[Si](C)(C)C=C. The molecule has 0 spiro atoms. The smallest absolute Gasteiger partial charge is 0.0942 e. The normalized spacial score (nSPS) is 8.83.